The van der Waals surface area contributed by atoms with Crippen LogP contribution in [0.3, 0.4) is 0 Å². The van der Waals surface area contributed by atoms with E-state index >= 15 is 0 Å². The molecule has 38 heavy (non-hydrogen) atoms. The van der Waals surface area contributed by atoms with Gasteiger partial charge in [-0.25, -0.2) is 8.42 Å². The minimum absolute atomic E-state index is 0.0428. The largest absolute Gasteiger partial charge is 0.496 e. The SMILES string of the molecule is COc1cc(OC)c(C=CS(=O)(=O)Nc2ccc(OC)c(-c3c(N)ccc(S(=O)(=O)O)c3N)c2)c(OC)c1. The van der Waals surface area contributed by atoms with Crippen LogP contribution in [-0.2, 0) is 20.1 Å². The normalized spacial score (nSPS) is 11.8. The zero-order valence-electron chi connectivity index (χ0n) is 20.9. The van der Waals surface area contributed by atoms with Gasteiger partial charge in [-0.1, -0.05) is 0 Å². The molecule has 3 aromatic rings. The Morgan fingerprint density at radius 1 is 0.816 bits per heavy atom. The van der Waals surface area contributed by atoms with Gasteiger partial charge < -0.3 is 30.4 Å². The molecule has 14 heteroatoms. The predicted molar refractivity (Wildman–Crippen MR) is 145 cm³/mol. The molecule has 0 aromatic heterocycles. The van der Waals surface area contributed by atoms with E-state index in [0.717, 1.165) is 11.5 Å². The molecule has 0 saturated carbocycles. The summed E-state index contributed by atoms with van der Waals surface area (Å²) in [6.45, 7) is 0. The van der Waals surface area contributed by atoms with Crippen molar-refractivity contribution in [3.05, 3.63) is 53.4 Å². The van der Waals surface area contributed by atoms with Crippen molar-refractivity contribution in [1.29, 1.82) is 0 Å². The van der Waals surface area contributed by atoms with E-state index < -0.39 is 25.0 Å². The summed E-state index contributed by atoms with van der Waals surface area (Å²) < 4.78 is 82.5. The second kappa shape index (κ2) is 11.1. The van der Waals surface area contributed by atoms with Crippen LogP contribution in [0.2, 0.25) is 0 Å². The summed E-state index contributed by atoms with van der Waals surface area (Å²) in [6, 6.07) is 9.72. The van der Waals surface area contributed by atoms with Crippen molar-refractivity contribution in [3.63, 3.8) is 0 Å². The minimum atomic E-state index is -4.66. The first-order valence-corrected chi connectivity index (χ1v) is 13.7. The number of methoxy groups -OCH3 is 4. The van der Waals surface area contributed by atoms with E-state index in [1.54, 1.807) is 12.1 Å². The standard InChI is InChI=1S/C24H27N3O9S2/c1-33-15-12-20(35-3)16(21(13-15)36-4)9-10-37(28,29)27-14-5-7-19(34-2)17(11-14)23-18(25)6-8-22(24(23)26)38(30,31)32/h5-13,27H,25-26H2,1-4H3,(H,30,31,32). The topological polar surface area (TPSA) is 189 Å². The number of hydrogen-bond acceptors (Lipinski definition) is 10. The molecule has 0 spiro atoms. The Kier molecular flexibility index (Phi) is 8.29. The van der Waals surface area contributed by atoms with E-state index in [4.69, 9.17) is 30.4 Å². The average molecular weight is 566 g/mol. The number of nitrogen functional groups attached to an aromatic ring is 2. The Labute approximate surface area is 220 Å². The highest BCUT2D eigenvalue weighted by Crippen LogP contribution is 2.42. The fraction of sp³-hybridized carbons (Fsp3) is 0.167. The van der Waals surface area contributed by atoms with E-state index in [-0.39, 0.29) is 33.9 Å². The lowest BCUT2D eigenvalue weighted by Crippen LogP contribution is -2.10. The van der Waals surface area contributed by atoms with Gasteiger partial charge in [-0.2, -0.15) is 8.42 Å². The van der Waals surface area contributed by atoms with Gasteiger partial charge >= 0.3 is 0 Å². The Morgan fingerprint density at radius 3 is 1.95 bits per heavy atom. The van der Waals surface area contributed by atoms with Gasteiger partial charge in [0.1, 0.15) is 27.9 Å². The highest BCUT2D eigenvalue weighted by atomic mass is 32.2. The molecule has 3 rings (SSSR count). The van der Waals surface area contributed by atoms with E-state index in [9.17, 15) is 21.4 Å². The molecule has 0 radical (unpaired) electrons. The number of nitrogens with one attached hydrogen (secondary N) is 1. The van der Waals surface area contributed by atoms with Crippen molar-refractivity contribution >= 4 is 43.3 Å². The maximum Gasteiger partial charge on any atom is 0.296 e. The zero-order valence-corrected chi connectivity index (χ0v) is 22.5. The molecule has 0 unspecified atom stereocenters. The molecule has 0 aliphatic rings. The van der Waals surface area contributed by atoms with Crippen molar-refractivity contribution in [1.82, 2.24) is 0 Å². The van der Waals surface area contributed by atoms with Gasteiger partial charge in [0.15, 0.2) is 0 Å². The number of benzene rings is 3. The summed E-state index contributed by atoms with van der Waals surface area (Å²) in [5.41, 5.74) is 12.5. The summed E-state index contributed by atoms with van der Waals surface area (Å²) >= 11 is 0. The molecule has 0 aliphatic heterocycles. The molecule has 0 heterocycles. The first-order valence-electron chi connectivity index (χ1n) is 10.7. The Balaban J connectivity index is 2.05. The maximum absolute atomic E-state index is 12.9. The molecule has 0 saturated heterocycles. The molecule has 0 amide bonds. The third kappa shape index (κ3) is 6.04. The van der Waals surface area contributed by atoms with Gasteiger partial charge in [0, 0.05) is 34.6 Å². The van der Waals surface area contributed by atoms with E-state index in [1.165, 1.54) is 58.8 Å². The number of rotatable bonds is 10. The molecule has 0 fully saturated rings. The highest BCUT2D eigenvalue weighted by molar-refractivity contribution is 7.95. The van der Waals surface area contributed by atoms with Gasteiger partial charge in [-0.15, -0.1) is 0 Å². The lowest BCUT2D eigenvalue weighted by Gasteiger charge is -2.17. The summed E-state index contributed by atoms with van der Waals surface area (Å²) in [4.78, 5) is -0.556. The smallest absolute Gasteiger partial charge is 0.296 e. The average Bonchev–Trinajstić information content (AvgIpc) is 2.86. The van der Waals surface area contributed by atoms with Crippen LogP contribution in [0.1, 0.15) is 5.56 Å². The van der Waals surface area contributed by atoms with Gasteiger partial charge in [-0.05, 0) is 36.4 Å². The Hall–Kier alpha value is -4.14. The second-order valence-electron chi connectivity index (χ2n) is 7.73. The van der Waals surface area contributed by atoms with Crippen molar-refractivity contribution < 1.29 is 40.3 Å². The van der Waals surface area contributed by atoms with Crippen LogP contribution in [0.25, 0.3) is 17.2 Å². The quantitative estimate of drug-likeness (QED) is 0.209. The van der Waals surface area contributed by atoms with Crippen LogP contribution in [0.15, 0.2) is 52.8 Å². The molecule has 0 atom stereocenters. The molecule has 204 valence electrons. The Bertz CT molecular complexity index is 1580. The van der Waals surface area contributed by atoms with Gasteiger partial charge in [0.05, 0.1) is 45.1 Å². The van der Waals surface area contributed by atoms with Gasteiger partial charge in [-0.3, -0.25) is 9.27 Å². The molecular formula is C24H27N3O9S2. The molecule has 0 bridgehead atoms. The summed E-state index contributed by atoms with van der Waals surface area (Å²) in [7, 11) is -3.06. The van der Waals surface area contributed by atoms with Crippen LogP contribution < -0.4 is 35.1 Å². The molecule has 12 nitrogen and oxygen atoms in total. The second-order valence-corrected chi connectivity index (χ2v) is 10.7. The number of sulfonamides is 1. The van der Waals surface area contributed by atoms with E-state index in [0.29, 0.717) is 22.8 Å². The maximum atomic E-state index is 12.9. The lowest BCUT2D eigenvalue weighted by atomic mass is 10.00. The third-order valence-electron chi connectivity index (χ3n) is 5.41. The van der Waals surface area contributed by atoms with Crippen LogP contribution >= 0.6 is 0 Å². The van der Waals surface area contributed by atoms with Crippen LogP contribution in [0.4, 0.5) is 17.1 Å². The van der Waals surface area contributed by atoms with Crippen LogP contribution in [0.5, 0.6) is 23.0 Å². The van der Waals surface area contributed by atoms with Crippen molar-refractivity contribution in [2.75, 3.05) is 44.6 Å². The van der Waals surface area contributed by atoms with Gasteiger partial charge in [0.2, 0.25) is 0 Å². The highest BCUT2D eigenvalue weighted by Gasteiger charge is 2.22. The fourth-order valence-electron chi connectivity index (χ4n) is 3.66. The summed E-state index contributed by atoms with van der Waals surface area (Å²) in [5.74, 6) is 1.33. The zero-order chi connectivity index (χ0) is 28.3. The molecule has 6 N–H and O–H groups in total. The van der Waals surface area contributed by atoms with Crippen LogP contribution in [-0.4, -0.2) is 49.8 Å². The minimum Gasteiger partial charge on any atom is -0.496 e. The van der Waals surface area contributed by atoms with E-state index in [1.807, 2.05) is 0 Å². The molecule has 0 aliphatic carbocycles. The number of hydrogen-bond donors (Lipinski definition) is 4. The van der Waals surface area contributed by atoms with Crippen LogP contribution in [0, 0.1) is 0 Å². The number of anilines is 3. The first-order chi connectivity index (χ1) is 17.8. The molecular weight excluding hydrogens is 538 g/mol. The van der Waals surface area contributed by atoms with E-state index in [2.05, 4.69) is 4.72 Å². The van der Waals surface area contributed by atoms with Crippen molar-refractivity contribution in [2.24, 2.45) is 0 Å². The summed E-state index contributed by atoms with van der Waals surface area (Å²) in [5, 5.41) is 0.922. The summed E-state index contributed by atoms with van der Waals surface area (Å²) in [6.07, 6.45) is 1.30. The monoisotopic (exact) mass is 565 g/mol. The number of nitrogens with two attached hydrogens (primary N) is 2. The predicted octanol–water partition coefficient (Wildman–Crippen LogP) is 3.21. The number of ether oxygens (including phenoxy) is 4. The van der Waals surface area contributed by atoms with Gasteiger partial charge in [0.25, 0.3) is 20.1 Å². The van der Waals surface area contributed by atoms with Crippen molar-refractivity contribution in [3.8, 4) is 34.1 Å². The molecule has 3 aromatic carbocycles. The van der Waals surface area contributed by atoms with Crippen molar-refractivity contribution in [2.45, 2.75) is 4.90 Å². The Morgan fingerprint density at radius 2 is 1.42 bits per heavy atom. The first kappa shape index (κ1) is 28.4. The third-order valence-corrected chi connectivity index (χ3v) is 7.34. The lowest BCUT2D eigenvalue weighted by molar-refractivity contribution is 0.374. The fourth-order valence-corrected chi connectivity index (χ4v) is 5.12.